The van der Waals surface area contributed by atoms with Crippen molar-refractivity contribution in [3.8, 4) is 0 Å². The van der Waals surface area contributed by atoms with E-state index in [1.54, 1.807) is 0 Å². The van der Waals surface area contributed by atoms with Crippen molar-refractivity contribution in [1.82, 2.24) is 5.32 Å². The number of carbonyl (C=O) groups excluding carboxylic acids is 1. The number of benzene rings is 1. The smallest absolute Gasteiger partial charge is 0.243 e. The lowest BCUT2D eigenvalue weighted by Gasteiger charge is -2.29. The average Bonchev–Trinajstić information content (AvgIpc) is 2.94. The fourth-order valence-corrected chi connectivity index (χ4v) is 3.99. The van der Waals surface area contributed by atoms with Crippen molar-refractivity contribution >= 4 is 21.6 Å². The summed E-state index contributed by atoms with van der Waals surface area (Å²) in [5.41, 5.74) is -0.0829. The number of halogens is 2. The second-order valence-corrected chi connectivity index (χ2v) is 7.68. The Morgan fingerprint density at radius 2 is 1.87 bits per heavy atom. The first-order valence-corrected chi connectivity index (χ1v) is 9.30. The van der Waals surface area contributed by atoms with E-state index >= 15 is 0 Å². The first-order chi connectivity index (χ1) is 10.7. The van der Waals surface area contributed by atoms with Crippen LogP contribution in [0.2, 0.25) is 0 Å². The van der Waals surface area contributed by atoms with Gasteiger partial charge in [-0.2, -0.15) is 0 Å². The van der Waals surface area contributed by atoms with E-state index in [0.29, 0.717) is 0 Å². The quantitative estimate of drug-likeness (QED) is 0.889. The van der Waals surface area contributed by atoms with E-state index in [9.17, 15) is 22.0 Å². The van der Waals surface area contributed by atoms with Gasteiger partial charge in [0, 0.05) is 12.1 Å². The van der Waals surface area contributed by atoms with Crippen molar-refractivity contribution in [3.05, 3.63) is 29.8 Å². The molecule has 2 rings (SSSR count). The highest BCUT2D eigenvalue weighted by atomic mass is 32.2. The van der Waals surface area contributed by atoms with E-state index in [-0.39, 0.29) is 11.7 Å². The minimum atomic E-state index is -3.84. The number of sulfonamides is 1. The number of anilines is 1. The Morgan fingerprint density at radius 1 is 1.26 bits per heavy atom. The molecule has 1 amide bonds. The van der Waals surface area contributed by atoms with Crippen LogP contribution in [0.15, 0.2) is 18.2 Å². The zero-order chi connectivity index (χ0) is 17.2. The second-order valence-electron chi connectivity index (χ2n) is 5.82. The van der Waals surface area contributed by atoms with Crippen molar-refractivity contribution in [2.24, 2.45) is 0 Å². The molecule has 1 fully saturated rings. The van der Waals surface area contributed by atoms with Crippen LogP contribution in [-0.4, -0.2) is 32.7 Å². The van der Waals surface area contributed by atoms with Gasteiger partial charge in [0.1, 0.15) is 6.04 Å². The van der Waals surface area contributed by atoms with Crippen LogP contribution in [0.25, 0.3) is 0 Å². The maximum absolute atomic E-state index is 13.4. The van der Waals surface area contributed by atoms with Gasteiger partial charge in [0.2, 0.25) is 15.9 Å². The Hall–Kier alpha value is -1.70. The molecule has 0 spiro atoms. The lowest BCUT2D eigenvalue weighted by Crippen LogP contribution is -2.50. The van der Waals surface area contributed by atoms with Gasteiger partial charge < -0.3 is 5.32 Å². The van der Waals surface area contributed by atoms with Crippen molar-refractivity contribution in [1.29, 1.82) is 0 Å². The molecule has 0 heterocycles. The predicted octanol–water partition coefficient (Wildman–Crippen LogP) is 2.18. The molecule has 0 unspecified atom stereocenters. The summed E-state index contributed by atoms with van der Waals surface area (Å²) < 4.78 is 51.4. The Kier molecular flexibility index (Phi) is 5.23. The molecule has 1 aromatic carbocycles. The molecule has 8 heteroatoms. The summed E-state index contributed by atoms with van der Waals surface area (Å²) in [7, 11) is -3.84. The highest BCUT2D eigenvalue weighted by Gasteiger charge is 2.31. The zero-order valence-electron chi connectivity index (χ0n) is 13.1. The van der Waals surface area contributed by atoms with Crippen molar-refractivity contribution in [3.63, 3.8) is 0 Å². The zero-order valence-corrected chi connectivity index (χ0v) is 13.9. The van der Waals surface area contributed by atoms with Crippen LogP contribution in [0.5, 0.6) is 0 Å². The minimum Gasteiger partial charge on any atom is -0.352 e. The summed E-state index contributed by atoms with van der Waals surface area (Å²) in [6, 6.07) is 1.73. The van der Waals surface area contributed by atoms with E-state index in [0.717, 1.165) is 54.4 Å². The molecule has 0 bridgehead atoms. The fraction of sp³-hybridized carbons (Fsp3) is 0.533. The lowest BCUT2D eigenvalue weighted by atomic mass is 10.2. The molecular formula is C15H20F2N2O3S. The van der Waals surface area contributed by atoms with E-state index in [2.05, 4.69) is 5.32 Å². The molecule has 1 atom stereocenters. The molecule has 0 radical (unpaired) electrons. The summed E-state index contributed by atoms with van der Waals surface area (Å²) in [5.74, 6) is -2.70. The molecule has 0 aromatic heterocycles. The van der Waals surface area contributed by atoms with Crippen LogP contribution < -0.4 is 9.62 Å². The van der Waals surface area contributed by atoms with Gasteiger partial charge in [0.15, 0.2) is 11.6 Å². The standard InChI is InChI=1S/C15H20F2N2O3S/c1-10(15(20)18-11-5-3-4-6-11)19(23(2,21)22)12-7-8-13(16)14(17)9-12/h7-11H,3-6H2,1-2H3,(H,18,20)/t10-/m0/s1. The highest BCUT2D eigenvalue weighted by molar-refractivity contribution is 7.92. The lowest BCUT2D eigenvalue weighted by molar-refractivity contribution is -0.122. The molecular weight excluding hydrogens is 326 g/mol. The maximum Gasteiger partial charge on any atom is 0.243 e. The third-order valence-electron chi connectivity index (χ3n) is 3.95. The SMILES string of the molecule is C[C@@H](C(=O)NC1CCCC1)N(c1ccc(F)c(F)c1)S(C)(=O)=O. The van der Waals surface area contributed by atoms with E-state index < -0.39 is 33.6 Å². The summed E-state index contributed by atoms with van der Waals surface area (Å²) in [5, 5.41) is 2.81. The van der Waals surface area contributed by atoms with Crippen LogP contribution in [0, 0.1) is 11.6 Å². The van der Waals surface area contributed by atoms with Gasteiger partial charge in [0.25, 0.3) is 0 Å². The average molecular weight is 346 g/mol. The van der Waals surface area contributed by atoms with Gasteiger partial charge in [-0.05, 0) is 31.9 Å². The maximum atomic E-state index is 13.4. The van der Waals surface area contributed by atoms with Gasteiger partial charge in [-0.15, -0.1) is 0 Å². The van der Waals surface area contributed by atoms with E-state index in [1.165, 1.54) is 6.92 Å². The largest absolute Gasteiger partial charge is 0.352 e. The van der Waals surface area contributed by atoms with Crippen LogP contribution in [0.1, 0.15) is 32.6 Å². The number of hydrogen-bond donors (Lipinski definition) is 1. The van der Waals surface area contributed by atoms with Crippen molar-refractivity contribution in [2.45, 2.75) is 44.7 Å². The van der Waals surface area contributed by atoms with Gasteiger partial charge in [-0.3, -0.25) is 9.10 Å². The number of nitrogens with zero attached hydrogens (tertiary/aromatic N) is 1. The Labute approximate surface area is 134 Å². The summed E-state index contributed by atoms with van der Waals surface area (Å²) in [6.07, 6.45) is 4.70. The molecule has 0 saturated heterocycles. The van der Waals surface area contributed by atoms with Crippen molar-refractivity contribution in [2.75, 3.05) is 10.6 Å². The minimum absolute atomic E-state index is 0.0383. The molecule has 5 nitrogen and oxygen atoms in total. The van der Waals surface area contributed by atoms with Crippen LogP contribution in [-0.2, 0) is 14.8 Å². The molecule has 1 aliphatic rings. The molecule has 1 aromatic rings. The van der Waals surface area contributed by atoms with E-state index in [4.69, 9.17) is 0 Å². The van der Waals surface area contributed by atoms with Gasteiger partial charge >= 0.3 is 0 Å². The third kappa shape index (κ3) is 4.19. The summed E-state index contributed by atoms with van der Waals surface area (Å²) in [6.45, 7) is 1.42. The fourth-order valence-electron chi connectivity index (χ4n) is 2.82. The summed E-state index contributed by atoms with van der Waals surface area (Å²) in [4.78, 5) is 12.3. The molecule has 128 valence electrons. The number of carbonyl (C=O) groups is 1. The third-order valence-corrected chi connectivity index (χ3v) is 5.19. The number of rotatable bonds is 5. The predicted molar refractivity (Wildman–Crippen MR) is 83.5 cm³/mol. The first-order valence-electron chi connectivity index (χ1n) is 7.45. The molecule has 0 aliphatic heterocycles. The molecule has 1 N–H and O–H groups in total. The van der Waals surface area contributed by atoms with Crippen molar-refractivity contribution < 1.29 is 22.0 Å². The van der Waals surface area contributed by atoms with Crippen LogP contribution in [0.3, 0.4) is 0 Å². The van der Waals surface area contributed by atoms with E-state index in [1.807, 2.05) is 0 Å². The number of hydrogen-bond acceptors (Lipinski definition) is 3. The first kappa shape index (κ1) is 17.7. The van der Waals surface area contributed by atoms with Crippen LogP contribution in [0.4, 0.5) is 14.5 Å². The monoisotopic (exact) mass is 346 g/mol. The normalized spacial score (nSPS) is 17.0. The molecule has 23 heavy (non-hydrogen) atoms. The Balaban J connectivity index is 2.27. The molecule has 1 aliphatic carbocycles. The Bertz CT molecular complexity index is 688. The van der Waals surface area contributed by atoms with Crippen LogP contribution >= 0.6 is 0 Å². The summed E-state index contributed by atoms with van der Waals surface area (Å²) >= 11 is 0. The molecule has 1 saturated carbocycles. The van der Waals surface area contributed by atoms with Gasteiger partial charge in [0.05, 0.1) is 11.9 Å². The second kappa shape index (κ2) is 6.82. The Morgan fingerprint density at radius 3 is 2.39 bits per heavy atom. The number of nitrogens with one attached hydrogen (secondary N) is 1. The highest BCUT2D eigenvalue weighted by Crippen LogP contribution is 2.24. The van der Waals surface area contributed by atoms with Gasteiger partial charge in [-0.1, -0.05) is 12.8 Å². The number of amides is 1. The van der Waals surface area contributed by atoms with Gasteiger partial charge in [-0.25, -0.2) is 17.2 Å². The topological polar surface area (TPSA) is 66.5 Å².